The van der Waals surface area contributed by atoms with Gasteiger partial charge in [-0.15, -0.1) is 0 Å². The molecule has 1 N–H and O–H groups in total. The molecule has 0 radical (unpaired) electrons. The molecule has 0 aliphatic carbocycles. The van der Waals surface area contributed by atoms with Crippen LogP contribution < -0.4 is 4.74 Å². The zero-order valence-corrected chi connectivity index (χ0v) is 9.28. The molecule has 0 saturated carbocycles. The van der Waals surface area contributed by atoms with Crippen LogP contribution in [0.25, 0.3) is 0 Å². The summed E-state index contributed by atoms with van der Waals surface area (Å²) < 4.78 is 28.3. The van der Waals surface area contributed by atoms with Gasteiger partial charge in [0.2, 0.25) is 5.75 Å². The predicted molar refractivity (Wildman–Crippen MR) is 54.0 cm³/mol. The van der Waals surface area contributed by atoms with Crippen LogP contribution in [0.1, 0.15) is 0 Å². The number of halogens is 3. The summed E-state index contributed by atoms with van der Waals surface area (Å²) in [6.45, 7) is -0.867. The highest BCUT2D eigenvalue weighted by molar-refractivity contribution is 9.10. The van der Waals surface area contributed by atoms with Gasteiger partial charge >= 0.3 is 5.69 Å². The summed E-state index contributed by atoms with van der Waals surface area (Å²) in [5, 5.41) is 19.8. The SMILES string of the molecule is O=[N+]([O-])c1cc(OCC(F)F)cc(Br)c1O. The van der Waals surface area contributed by atoms with E-state index >= 15 is 0 Å². The number of phenols is 1. The van der Waals surface area contributed by atoms with E-state index in [2.05, 4.69) is 20.7 Å². The van der Waals surface area contributed by atoms with E-state index in [0.717, 1.165) is 6.07 Å². The topological polar surface area (TPSA) is 72.6 Å². The van der Waals surface area contributed by atoms with Gasteiger partial charge in [0.15, 0.2) is 0 Å². The lowest BCUT2D eigenvalue weighted by atomic mass is 10.3. The van der Waals surface area contributed by atoms with Crippen molar-refractivity contribution in [2.75, 3.05) is 6.61 Å². The van der Waals surface area contributed by atoms with Crippen LogP contribution in [-0.4, -0.2) is 23.1 Å². The smallest absolute Gasteiger partial charge is 0.315 e. The average molecular weight is 298 g/mol. The summed E-state index contributed by atoms with van der Waals surface area (Å²) in [5.41, 5.74) is -0.612. The summed E-state index contributed by atoms with van der Waals surface area (Å²) in [6.07, 6.45) is -2.67. The first-order valence-electron chi connectivity index (χ1n) is 3.99. The molecule has 8 heteroatoms. The van der Waals surface area contributed by atoms with E-state index in [1.165, 1.54) is 6.07 Å². The van der Waals surface area contributed by atoms with Crippen molar-refractivity contribution in [1.29, 1.82) is 0 Å². The number of hydrogen-bond donors (Lipinski definition) is 1. The molecule has 88 valence electrons. The Balaban J connectivity index is 3.00. The van der Waals surface area contributed by atoms with Gasteiger partial charge in [0.25, 0.3) is 6.43 Å². The van der Waals surface area contributed by atoms with Crippen LogP contribution >= 0.6 is 15.9 Å². The fraction of sp³-hybridized carbons (Fsp3) is 0.250. The number of aromatic hydroxyl groups is 1. The van der Waals surface area contributed by atoms with Gasteiger partial charge in [-0.25, -0.2) is 8.78 Å². The summed E-state index contributed by atoms with van der Waals surface area (Å²) in [5.74, 6) is -0.689. The summed E-state index contributed by atoms with van der Waals surface area (Å²) in [7, 11) is 0. The molecule has 16 heavy (non-hydrogen) atoms. The maximum Gasteiger partial charge on any atom is 0.315 e. The Kier molecular flexibility index (Phi) is 3.99. The first-order chi connectivity index (χ1) is 7.41. The Morgan fingerprint density at radius 2 is 2.19 bits per heavy atom. The van der Waals surface area contributed by atoms with Gasteiger partial charge in [0, 0.05) is 0 Å². The third-order valence-electron chi connectivity index (χ3n) is 1.59. The first kappa shape index (κ1) is 12.6. The fourth-order valence-electron chi connectivity index (χ4n) is 0.942. The molecule has 1 aromatic carbocycles. The second-order valence-corrected chi connectivity index (χ2v) is 3.59. The summed E-state index contributed by atoms with van der Waals surface area (Å²) in [4.78, 5) is 9.65. The zero-order chi connectivity index (χ0) is 12.3. The van der Waals surface area contributed by atoms with Crippen LogP contribution in [0.15, 0.2) is 16.6 Å². The van der Waals surface area contributed by atoms with E-state index in [-0.39, 0.29) is 10.2 Å². The quantitative estimate of drug-likeness (QED) is 0.685. The number of alkyl halides is 2. The molecule has 0 spiro atoms. The number of hydrogen-bond acceptors (Lipinski definition) is 4. The molecule has 0 fully saturated rings. The monoisotopic (exact) mass is 297 g/mol. The van der Waals surface area contributed by atoms with Crippen molar-refractivity contribution in [3.05, 3.63) is 26.7 Å². The predicted octanol–water partition coefficient (Wildman–Crippen LogP) is 2.71. The molecule has 0 aliphatic heterocycles. The Labute approximate surface area is 96.9 Å². The molecular formula is C8H6BrF2NO4. The zero-order valence-electron chi connectivity index (χ0n) is 7.69. The number of ether oxygens (including phenoxy) is 1. The van der Waals surface area contributed by atoms with E-state index in [9.17, 15) is 24.0 Å². The molecule has 0 amide bonds. The van der Waals surface area contributed by atoms with Crippen molar-refractivity contribution < 1.29 is 23.5 Å². The van der Waals surface area contributed by atoms with Crippen LogP contribution in [0, 0.1) is 10.1 Å². The van der Waals surface area contributed by atoms with Gasteiger partial charge < -0.3 is 9.84 Å². The van der Waals surface area contributed by atoms with E-state index in [1.54, 1.807) is 0 Å². The van der Waals surface area contributed by atoms with Gasteiger partial charge in [-0.05, 0) is 22.0 Å². The Morgan fingerprint density at radius 3 is 2.69 bits per heavy atom. The highest BCUT2D eigenvalue weighted by atomic mass is 79.9. The Hall–Kier alpha value is -1.44. The molecule has 0 aromatic heterocycles. The minimum Gasteiger partial charge on any atom is -0.501 e. The molecule has 0 atom stereocenters. The number of rotatable bonds is 4. The van der Waals surface area contributed by atoms with Gasteiger partial charge in [0.05, 0.1) is 15.5 Å². The fourth-order valence-corrected chi connectivity index (χ4v) is 1.37. The maximum atomic E-state index is 11.8. The number of nitrogens with zero attached hydrogens (tertiary/aromatic N) is 1. The molecule has 1 aromatic rings. The van der Waals surface area contributed by atoms with E-state index < -0.39 is 29.4 Å². The molecule has 5 nitrogen and oxygen atoms in total. The van der Waals surface area contributed by atoms with Gasteiger partial charge in [0.1, 0.15) is 12.4 Å². The van der Waals surface area contributed by atoms with Crippen molar-refractivity contribution in [2.24, 2.45) is 0 Å². The van der Waals surface area contributed by atoms with E-state index in [4.69, 9.17) is 0 Å². The third kappa shape index (κ3) is 3.02. The highest BCUT2D eigenvalue weighted by Crippen LogP contribution is 2.37. The van der Waals surface area contributed by atoms with Crippen LogP contribution in [0.5, 0.6) is 11.5 Å². The van der Waals surface area contributed by atoms with Crippen molar-refractivity contribution in [2.45, 2.75) is 6.43 Å². The minimum absolute atomic E-state index is 0.00552. The molecule has 0 bridgehead atoms. The van der Waals surface area contributed by atoms with E-state index in [1.807, 2.05) is 0 Å². The average Bonchev–Trinajstić information content (AvgIpc) is 2.19. The number of nitro groups is 1. The number of nitro benzene ring substituents is 1. The lowest BCUT2D eigenvalue weighted by molar-refractivity contribution is -0.386. The van der Waals surface area contributed by atoms with Crippen LogP contribution in [-0.2, 0) is 0 Å². The largest absolute Gasteiger partial charge is 0.501 e. The lowest BCUT2D eigenvalue weighted by Gasteiger charge is -2.06. The molecule has 0 heterocycles. The van der Waals surface area contributed by atoms with Crippen LogP contribution in [0.4, 0.5) is 14.5 Å². The minimum atomic E-state index is -2.67. The first-order valence-corrected chi connectivity index (χ1v) is 4.79. The van der Waals surface area contributed by atoms with Crippen molar-refractivity contribution in [3.8, 4) is 11.5 Å². The molecule has 0 saturated heterocycles. The summed E-state index contributed by atoms with van der Waals surface area (Å²) >= 11 is 2.85. The van der Waals surface area contributed by atoms with E-state index in [0.29, 0.717) is 0 Å². The van der Waals surface area contributed by atoms with Crippen molar-refractivity contribution >= 4 is 21.6 Å². The van der Waals surface area contributed by atoms with Gasteiger partial charge in [-0.2, -0.15) is 0 Å². The van der Waals surface area contributed by atoms with Crippen molar-refractivity contribution in [3.63, 3.8) is 0 Å². The normalized spacial score (nSPS) is 10.5. The second-order valence-electron chi connectivity index (χ2n) is 2.73. The van der Waals surface area contributed by atoms with Gasteiger partial charge in [-0.3, -0.25) is 10.1 Å². The lowest BCUT2D eigenvalue weighted by Crippen LogP contribution is -2.07. The summed E-state index contributed by atoms with van der Waals surface area (Å²) in [6, 6.07) is 2.05. The van der Waals surface area contributed by atoms with Crippen LogP contribution in [0.3, 0.4) is 0 Å². The molecule has 1 rings (SSSR count). The number of benzene rings is 1. The third-order valence-corrected chi connectivity index (χ3v) is 2.19. The number of phenolic OH excluding ortho intramolecular Hbond substituents is 1. The van der Waals surface area contributed by atoms with Gasteiger partial charge in [-0.1, -0.05) is 0 Å². The Morgan fingerprint density at radius 1 is 1.56 bits per heavy atom. The molecule has 0 aliphatic rings. The standard InChI is InChI=1S/C8H6BrF2NO4/c9-5-1-4(16-3-7(10)11)2-6(8(5)13)12(14)15/h1-2,7,13H,3H2. The maximum absolute atomic E-state index is 11.8. The van der Waals surface area contributed by atoms with Crippen molar-refractivity contribution in [1.82, 2.24) is 0 Å². The molecule has 0 unspecified atom stereocenters. The second kappa shape index (κ2) is 5.06. The van der Waals surface area contributed by atoms with Crippen LogP contribution in [0.2, 0.25) is 0 Å². The molecular weight excluding hydrogens is 292 g/mol. The Bertz CT molecular complexity index is 413. The highest BCUT2D eigenvalue weighted by Gasteiger charge is 2.19.